The molecule has 0 aliphatic carbocycles. The molecule has 6 heteroatoms. The lowest BCUT2D eigenvalue weighted by Gasteiger charge is -2.19. The van der Waals surface area contributed by atoms with E-state index in [0.29, 0.717) is 23.0 Å². The smallest absolute Gasteiger partial charge is 0.180 e. The lowest BCUT2D eigenvalue weighted by atomic mass is 9.99. The number of nitrogen functional groups attached to an aromatic ring is 1. The Hall–Kier alpha value is -1.33. The average molecular weight is 315 g/mol. The van der Waals surface area contributed by atoms with Crippen molar-refractivity contribution in [1.82, 2.24) is 4.98 Å². The molecule has 0 aliphatic heterocycles. The van der Waals surface area contributed by atoms with Crippen LogP contribution in [0.15, 0.2) is 17.5 Å². The van der Waals surface area contributed by atoms with Crippen LogP contribution in [0.4, 0.5) is 9.52 Å². The molecule has 0 bridgehead atoms. The van der Waals surface area contributed by atoms with Gasteiger partial charge in [0.1, 0.15) is 0 Å². The Morgan fingerprint density at radius 1 is 1.40 bits per heavy atom. The number of rotatable bonds is 3. The predicted octanol–water partition coefficient (Wildman–Crippen LogP) is 4.61. The molecule has 1 aromatic carbocycles. The molecule has 0 unspecified atom stereocenters. The number of aromatic nitrogens is 1. The lowest BCUT2D eigenvalue weighted by molar-refractivity contribution is 0.191. The topological polar surface area (TPSA) is 48.1 Å². The third-order valence-corrected chi connectivity index (χ3v) is 3.42. The third kappa shape index (κ3) is 3.61. The molecule has 20 heavy (non-hydrogen) atoms. The van der Waals surface area contributed by atoms with Crippen molar-refractivity contribution >= 4 is 28.1 Å². The lowest BCUT2D eigenvalue weighted by Crippen LogP contribution is -2.17. The summed E-state index contributed by atoms with van der Waals surface area (Å²) in [6, 6.07) is 3.00. The number of hydrogen-bond acceptors (Lipinski definition) is 4. The molecule has 0 atom stereocenters. The van der Waals surface area contributed by atoms with Gasteiger partial charge in [0.15, 0.2) is 16.7 Å². The van der Waals surface area contributed by atoms with Gasteiger partial charge >= 0.3 is 0 Å². The van der Waals surface area contributed by atoms with Crippen molar-refractivity contribution in [2.45, 2.75) is 20.8 Å². The Kier molecular flexibility index (Phi) is 4.20. The van der Waals surface area contributed by atoms with E-state index in [2.05, 4.69) is 4.98 Å². The van der Waals surface area contributed by atoms with Crippen molar-refractivity contribution in [3.05, 3.63) is 28.4 Å². The fraction of sp³-hybridized carbons (Fsp3) is 0.357. The van der Waals surface area contributed by atoms with Crippen molar-refractivity contribution in [2.75, 3.05) is 12.3 Å². The Bertz CT molecular complexity index is 599. The van der Waals surface area contributed by atoms with Gasteiger partial charge in [-0.15, -0.1) is 11.3 Å². The molecule has 1 aromatic heterocycles. The van der Waals surface area contributed by atoms with E-state index in [9.17, 15) is 4.39 Å². The van der Waals surface area contributed by atoms with Gasteiger partial charge in [-0.1, -0.05) is 32.4 Å². The third-order valence-electron chi connectivity index (χ3n) is 2.47. The number of ether oxygens (including phenoxy) is 1. The zero-order valence-corrected chi connectivity index (χ0v) is 13.1. The summed E-state index contributed by atoms with van der Waals surface area (Å²) in [6.07, 6.45) is 0. The van der Waals surface area contributed by atoms with E-state index in [1.165, 1.54) is 17.4 Å². The number of thiazole rings is 1. The first-order chi connectivity index (χ1) is 9.26. The van der Waals surface area contributed by atoms with E-state index in [4.69, 9.17) is 22.1 Å². The second-order valence-corrected chi connectivity index (χ2v) is 6.99. The van der Waals surface area contributed by atoms with Crippen molar-refractivity contribution in [3.8, 4) is 17.0 Å². The van der Waals surface area contributed by atoms with Gasteiger partial charge < -0.3 is 10.5 Å². The van der Waals surface area contributed by atoms with E-state index >= 15 is 0 Å². The highest BCUT2D eigenvalue weighted by Crippen LogP contribution is 2.34. The van der Waals surface area contributed by atoms with E-state index in [0.717, 1.165) is 0 Å². The molecule has 2 N–H and O–H groups in total. The second kappa shape index (κ2) is 5.58. The summed E-state index contributed by atoms with van der Waals surface area (Å²) in [4.78, 5) is 4.11. The first kappa shape index (κ1) is 15.1. The van der Waals surface area contributed by atoms with Crippen LogP contribution in [0, 0.1) is 11.2 Å². The van der Waals surface area contributed by atoms with Gasteiger partial charge in [-0.2, -0.15) is 0 Å². The van der Waals surface area contributed by atoms with Crippen LogP contribution in [-0.2, 0) is 0 Å². The zero-order chi connectivity index (χ0) is 14.9. The number of nitrogens with two attached hydrogens (primary N) is 1. The summed E-state index contributed by atoms with van der Waals surface area (Å²) in [5.74, 6) is -0.420. The minimum atomic E-state index is -0.497. The first-order valence-electron chi connectivity index (χ1n) is 6.09. The molecule has 108 valence electrons. The van der Waals surface area contributed by atoms with Crippen LogP contribution in [0.1, 0.15) is 20.8 Å². The van der Waals surface area contributed by atoms with E-state index < -0.39 is 5.82 Å². The number of nitrogens with zero attached hydrogens (tertiary/aromatic N) is 1. The molecular formula is C14H16ClFN2OS. The summed E-state index contributed by atoms with van der Waals surface area (Å²) < 4.78 is 19.6. The summed E-state index contributed by atoms with van der Waals surface area (Å²) in [5, 5.41) is 2.43. The number of benzene rings is 1. The molecule has 2 rings (SSSR count). The molecule has 0 spiro atoms. The molecule has 0 fully saturated rings. The van der Waals surface area contributed by atoms with Crippen LogP contribution in [0.3, 0.4) is 0 Å². The fourth-order valence-electron chi connectivity index (χ4n) is 1.55. The average Bonchev–Trinajstić information content (AvgIpc) is 2.73. The van der Waals surface area contributed by atoms with E-state index in [-0.39, 0.29) is 16.2 Å². The Morgan fingerprint density at radius 3 is 2.60 bits per heavy atom. The van der Waals surface area contributed by atoms with Crippen LogP contribution >= 0.6 is 22.9 Å². The van der Waals surface area contributed by atoms with E-state index in [1.807, 2.05) is 20.8 Å². The standard InChI is InChI=1S/C14H16ClFN2OS/c1-14(2,3)7-19-12-9(15)4-8(5-10(12)16)11-6-20-13(17)18-11/h4-6H,7H2,1-3H3,(H2,17,18). The highest BCUT2D eigenvalue weighted by molar-refractivity contribution is 7.13. The van der Waals surface area contributed by atoms with Gasteiger partial charge in [0, 0.05) is 10.9 Å². The summed E-state index contributed by atoms with van der Waals surface area (Å²) in [5.41, 5.74) is 6.70. The number of anilines is 1. The minimum absolute atomic E-state index is 0.0716. The molecule has 1 heterocycles. The SMILES string of the molecule is CC(C)(C)COc1c(F)cc(-c2csc(N)n2)cc1Cl. The summed E-state index contributed by atoms with van der Waals surface area (Å²) >= 11 is 7.40. The zero-order valence-electron chi connectivity index (χ0n) is 11.5. The van der Waals surface area contributed by atoms with Crippen LogP contribution < -0.4 is 10.5 Å². The second-order valence-electron chi connectivity index (χ2n) is 5.69. The Morgan fingerprint density at radius 2 is 2.10 bits per heavy atom. The van der Waals surface area contributed by atoms with Gasteiger partial charge in [0.25, 0.3) is 0 Å². The fourth-order valence-corrected chi connectivity index (χ4v) is 2.39. The van der Waals surface area contributed by atoms with Crippen molar-refractivity contribution in [1.29, 1.82) is 0 Å². The van der Waals surface area contributed by atoms with Gasteiger partial charge in [-0.05, 0) is 17.5 Å². The Labute approximate surface area is 126 Å². The van der Waals surface area contributed by atoms with Gasteiger partial charge in [-0.25, -0.2) is 9.37 Å². The first-order valence-corrected chi connectivity index (χ1v) is 7.35. The van der Waals surface area contributed by atoms with Crippen LogP contribution in [0.5, 0.6) is 5.75 Å². The molecule has 0 saturated carbocycles. The molecule has 0 radical (unpaired) electrons. The van der Waals surface area contributed by atoms with Crippen LogP contribution in [0.2, 0.25) is 5.02 Å². The van der Waals surface area contributed by atoms with Gasteiger partial charge in [-0.3, -0.25) is 0 Å². The molecule has 2 aromatic rings. The van der Waals surface area contributed by atoms with Crippen molar-refractivity contribution in [3.63, 3.8) is 0 Å². The summed E-state index contributed by atoms with van der Waals surface area (Å²) in [7, 11) is 0. The predicted molar refractivity (Wildman–Crippen MR) is 81.9 cm³/mol. The monoisotopic (exact) mass is 314 g/mol. The maximum Gasteiger partial charge on any atom is 0.180 e. The van der Waals surface area contributed by atoms with Gasteiger partial charge in [0.05, 0.1) is 17.3 Å². The molecule has 0 saturated heterocycles. The largest absolute Gasteiger partial charge is 0.488 e. The van der Waals surface area contributed by atoms with Gasteiger partial charge in [0.2, 0.25) is 0 Å². The number of halogens is 2. The molecular weight excluding hydrogens is 299 g/mol. The van der Waals surface area contributed by atoms with E-state index in [1.54, 1.807) is 11.4 Å². The minimum Gasteiger partial charge on any atom is -0.488 e. The highest BCUT2D eigenvalue weighted by Gasteiger charge is 2.17. The van der Waals surface area contributed by atoms with Crippen molar-refractivity contribution < 1.29 is 9.13 Å². The van der Waals surface area contributed by atoms with Crippen molar-refractivity contribution in [2.24, 2.45) is 5.41 Å². The number of hydrogen-bond donors (Lipinski definition) is 1. The highest BCUT2D eigenvalue weighted by atomic mass is 35.5. The Balaban J connectivity index is 2.29. The maximum absolute atomic E-state index is 14.1. The van der Waals surface area contributed by atoms with Crippen LogP contribution in [0.25, 0.3) is 11.3 Å². The summed E-state index contributed by atoms with van der Waals surface area (Å²) in [6.45, 7) is 6.40. The molecule has 3 nitrogen and oxygen atoms in total. The normalized spacial score (nSPS) is 11.7. The maximum atomic E-state index is 14.1. The molecule has 0 amide bonds. The quantitative estimate of drug-likeness (QED) is 0.900. The molecule has 0 aliphatic rings. The van der Waals surface area contributed by atoms with Crippen LogP contribution in [-0.4, -0.2) is 11.6 Å².